The Bertz CT molecular complexity index is 1220. The summed E-state index contributed by atoms with van der Waals surface area (Å²) in [7, 11) is 0. The fraction of sp³-hybridized carbons (Fsp3) is 0.0500. The third-order valence-corrected chi connectivity index (χ3v) is 4.19. The first kappa shape index (κ1) is 18.1. The summed E-state index contributed by atoms with van der Waals surface area (Å²) in [6, 6.07) is 17.0. The number of nitrogens with one attached hydrogen (secondary N) is 1. The van der Waals surface area contributed by atoms with Gasteiger partial charge in [-0.1, -0.05) is 24.3 Å². The molecule has 0 aliphatic rings. The first-order valence-electron chi connectivity index (χ1n) is 8.66. The topological polar surface area (TPSA) is 116 Å². The molecule has 0 aliphatic carbocycles. The number of fused-ring (bicyclic) bond motifs is 1. The van der Waals surface area contributed by atoms with Crippen molar-refractivity contribution >= 4 is 28.8 Å². The van der Waals surface area contributed by atoms with Gasteiger partial charge in [0.1, 0.15) is 18.1 Å². The van der Waals surface area contributed by atoms with Crippen molar-refractivity contribution in [1.29, 1.82) is 0 Å². The van der Waals surface area contributed by atoms with Crippen LogP contribution in [0.1, 0.15) is 5.76 Å². The van der Waals surface area contributed by atoms with E-state index in [-0.39, 0.29) is 18.1 Å². The lowest BCUT2D eigenvalue weighted by Gasteiger charge is -2.02. The highest BCUT2D eigenvalue weighted by molar-refractivity contribution is 5.82. The molecule has 9 heteroatoms. The van der Waals surface area contributed by atoms with Crippen LogP contribution in [0.4, 0.5) is 5.69 Å². The van der Waals surface area contributed by atoms with Gasteiger partial charge in [0.25, 0.3) is 11.6 Å². The highest BCUT2D eigenvalue weighted by Gasteiger charge is 2.10. The van der Waals surface area contributed by atoms with Crippen LogP contribution in [0.15, 0.2) is 76.5 Å². The number of benzene rings is 2. The minimum absolute atomic E-state index is 0.0200. The van der Waals surface area contributed by atoms with Crippen molar-refractivity contribution in [1.82, 2.24) is 15.0 Å². The number of nitro groups is 1. The van der Waals surface area contributed by atoms with Crippen molar-refractivity contribution in [2.75, 3.05) is 0 Å². The summed E-state index contributed by atoms with van der Waals surface area (Å²) in [6.45, 7) is 0.0783. The first-order chi connectivity index (χ1) is 14.1. The molecule has 29 heavy (non-hydrogen) atoms. The summed E-state index contributed by atoms with van der Waals surface area (Å²) < 4.78 is 7.34. The normalized spacial score (nSPS) is 11.2. The van der Waals surface area contributed by atoms with Gasteiger partial charge in [0.2, 0.25) is 0 Å². The average molecular weight is 389 g/mol. The standard InChI is InChI=1S/C20H15N5O4/c26-20(12-24-13-21-17-6-1-2-7-18(17)24)23-22-11-16-8-9-19(29-16)14-4-3-5-15(10-14)25(27)28/h1-11,13H,12H2,(H,23,26)/b22-11-. The third-order valence-electron chi connectivity index (χ3n) is 4.19. The second-order valence-electron chi connectivity index (χ2n) is 6.16. The van der Waals surface area contributed by atoms with Crippen molar-refractivity contribution in [3.8, 4) is 11.3 Å². The number of carbonyl (C=O) groups is 1. The quantitative estimate of drug-likeness (QED) is 0.308. The number of hydrogen-bond acceptors (Lipinski definition) is 6. The summed E-state index contributed by atoms with van der Waals surface area (Å²) in [5.74, 6) is 0.557. The zero-order valence-electron chi connectivity index (χ0n) is 15.1. The number of imidazole rings is 1. The number of para-hydroxylation sites is 2. The molecular weight excluding hydrogens is 374 g/mol. The Morgan fingerprint density at radius 2 is 2.07 bits per heavy atom. The van der Waals surface area contributed by atoms with Gasteiger partial charge >= 0.3 is 0 Å². The van der Waals surface area contributed by atoms with Crippen LogP contribution < -0.4 is 5.43 Å². The van der Waals surface area contributed by atoms with E-state index < -0.39 is 4.92 Å². The van der Waals surface area contributed by atoms with Gasteiger partial charge < -0.3 is 8.98 Å². The predicted molar refractivity (Wildman–Crippen MR) is 106 cm³/mol. The van der Waals surface area contributed by atoms with Crippen LogP contribution in [0, 0.1) is 10.1 Å². The lowest BCUT2D eigenvalue weighted by Crippen LogP contribution is -2.22. The van der Waals surface area contributed by atoms with Gasteiger partial charge in [0.15, 0.2) is 0 Å². The van der Waals surface area contributed by atoms with Gasteiger partial charge in [-0.3, -0.25) is 14.9 Å². The Labute approximate surface area is 164 Å². The fourth-order valence-corrected chi connectivity index (χ4v) is 2.84. The maximum atomic E-state index is 12.1. The van der Waals surface area contributed by atoms with E-state index in [4.69, 9.17) is 4.42 Å². The van der Waals surface area contributed by atoms with Crippen molar-refractivity contribution in [3.05, 3.63) is 82.9 Å². The molecule has 4 rings (SSSR count). The molecule has 4 aromatic rings. The fourth-order valence-electron chi connectivity index (χ4n) is 2.84. The minimum Gasteiger partial charge on any atom is -0.455 e. The average Bonchev–Trinajstić information content (AvgIpc) is 3.36. The molecule has 144 valence electrons. The van der Waals surface area contributed by atoms with Crippen LogP contribution in [0.25, 0.3) is 22.4 Å². The summed E-state index contributed by atoms with van der Waals surface area (Å²) in [5, 5.41) is 14.8. The number of nitrogens with zero attached hydrogens (tertiary/aromatic N) is 4. The molecule has 0 saturated heterocycles. The molecule has 1 N–H and O–H groups in total. The summed E-state index contributed by atoms with van der Waals surface area (Å²) in [6.07, 6.45) is 2.97. The number of rotatable bonds is 6. The predicted octanol–water partition coefficient (Wildman–Crippen LogP) is 3.35. The SMILES string of the molecule is O=C(Cn1cnc2ccccc21)N/N=C\c1ccc(-c2cccc([N+](=O)[O-])c2)o1. The molecule has 0 atom stereocenters. The third kappa shape index (κ3) is 4.03. The van der Waals surface area contributed by atoms with Crippen molar-refractivity contribution in [2.45, 2.75) is 6.54 Å². The summed E-state index contributed by atoms with van der Waals surface area (Å²) in [4.78, 5) is 26.8. The number of nitro benzene ring substituents is 1. The highest BCUT2D eigenvalue weighted by atomic mass is 16.6. The zero-order chi connectivity index (χ0) is 20.2. The van der Waals surface area contributed by atoms with Gasteiger partial charge in [-0.15, -0.1) is 0 Å². The lowest BCUT2D eigenvalue weighted by atomic mass is 10.1. The number of amides is 1. The van der Waals surface area contributed by atoms with Crippen LogP contribution in [-0.2, 0) is 11.3 Å². The molecule has 0 spiro atoms. The van der Waals surface area contributed by atoms with Gasteiger partial charge in [-0.05, 0) is 24.3 Å². The van der Waals surface area contributed by atoms with Crippen LogP contribution in [0.5, 0.6) is 0 Å². The molecule has 0 aliphatic heterocycles. The monoisotopic (exact) mass is 389 g/mol. The maximum Gasteiger partial charge on any atom is 0.270 e. The lowest BCUT2D eigenvalue weighted by molar-refractivity contribution is -0.384. The number of hydrazone groups is 1. The molecule has 0 radical (unpaired) electrons. The molecule has 0 unspecified atom stereocenters. The maximum absolute atomic E-state index is 12.1. The van der Waals surface area contributed by atoms with E-state index in [1.54, 1.807) is 35.2 Å². The van der Waals surface area contributed by atoms with E-state index in [2.05, 4.69) is 15.5 Å². The van der Waals surface area contributed by atoms with E-state index in [1.165, 1.54) is 18.3 Å². The van der Waals surface area contributed by atoms with Crippen LogP contribution >= 0.6 is 0 Å². The number of furan rings is 1. The Morgan fingerprint density at radius 3 is 2.93 bits per heavy atom. The van der Waals surface area contributed by atoms with Crippen molar-refractivity contribution < 1.29 is 14.1 Å². The molecule has 2 heterocycles. The summed E-state index contributed by atoms with van der Waals surface area (Å²) in [5.41, 5.74) is 4.67. The van der Waals surface area contributed by atoms with Gasteiger partial charge in [0, 0.05) is 17.7 Å². The molecule has 9 nitrogen and oxygen atoms in total. The largest absolute Gasteiger partial charge is 0.455 e. The van der Waals surface area contributed by atoms with Crippen LogP contribution in [-0.4, -0.2) is 26.6 Å². The smallest absolute Gasteiger partial charge is 0.270 e. The molecular formula is C20H15N5O4. The number of non-ortho nitro benzene ring substituents is 1. The van der Waals surface area contributed by atoms with Crippen LogP contribution in [0.3, 0.4) is 0 Å². The number of aromatic nitrogens is 2. The molecule has 0 bridgehead atoms. The van der Waals surface area contributed by atoms with Gasteiger partial charge in [-0.2, -0.15) is 5.10 Å². The summed E-state index contributed by atoms with van der Waals surface area (Å²) >= 11 is 0. The zero-order valence-corrected chi connectivity index (χ0v) is 15.1. The number of hydrogen-bond donors (Lipinski definition) is 1. The van der Waals surface area contributed by atoms with Gasteiger partial charge in [0.05, 0.1) is 28.5 Å². The van der Waals surface area contributed by atoms with Crippen molar-refractivity contribution in [2.24, 2.45) is 5.10 Å². The Balaban J connectivity index is 1.39. The second-order valence-corrected chi connectivity index (χ2v) is 6.16. The number of carbonyl (C=O) groups excluding carboxylic acids is 1. The Hall–Kier alpha value is -4.27. The second kappa shape index (κ2) is 7.77. The van der Waals surface area contributed by atoms with E-state index in [9.17, 15) is 14.9 Å². The van der Waals surface area contributed by atoms with Gasteiger partial charge in [-0.25, -0.2) is 10.4 Å². The molecule has 2 aromatic carbocycles. The van der Waals surface area contributed by atoms with E-state index in [0.29, 0.717) is 17.1 Å². The first-order valence-corrected chi connectivity index (χ1v) is 8.66. The van der Waals surface area contributed by atoms with E-state index in [0.717, 1.165) is 11.0 Å². The van der Waals surface area contributed by atoms with E-state index in [1.807, 2.05) is 24.3 Å². The Morgan fingerprint density at radius 1 is 1.21 bits per heavy atom. The highest BCUT2D eigenvalue weighted by Crippen LogP contribution is 2.25. The molecule has 0 fully saturated rings. The van der Waals surface area contributed by atoms with Crippen molar-refractivity contribution in [3.63, 3.8) is 0 Å². The molecule has 2 aromatic heterocycles. The Kier molecular flexibility index (Phi) is 4.85. The van der Waals surface area contributed by atoms with Crippen LogP contribution in [0.2, 0.25) is 0 Å². The molecule has 1 amide bonds. The minimum atomic E-state index is -0.464. The van der Waals surface area contributed by atoms with E-state index >= 15 is 0 Å². The molecule has 0 saturated carbocycles.